The molecule has 2 aliphatic rings. The number of aromatic nitrogens is 1. The summed E-state index contributed by atoms with van der Waals surface area (Å²) in [6, 6.07) is 4.19. The molecule has 36 heavy (non-hydrogen) atoms. The molecule has 0 radical (unpaired) electrons. The van der Waals surface area contributed by atoms with Crippen molar-refractivity contribution in [1.82, 2.24) is 4.98 Å². The van der Waals surface area contributed by atoms with Crippen LogP contribution in [0, 0.1) is 16.7 Å². The fraction of sp³-hybridized carbons (Fsp3) is 0.462. The summed E-state index contributed by atoms with van der Waals surface area (Å²) >= 11 is 0. The van der Waals surface area contributed by atoms with Gasteiger partial charge in [0.2, 0.25) is 5.88 Å². The lowest BCUT2D eigenvalue weighted by atomic mass is 9.58. The van der Waals surface area contributed by atoms with Crippen molar-refractivity contribution in [1.29, 1.82) is 0 Å². The van der Waals surface area contributed by atoms with E-state index >= 15 is 0 Å². The largest absolute Gasteiger partial charge is 0.511 e. The normalized spacial score (nSPS) is 23.8. The molecule has 4 rings (SSSR count). The molecule has 1 fully saturated rings. The molecular weight excluding hydrogens is 488 g/mol. The number of aliphatic hydroxyl groups is 1. The predicted octanol–water partition coefficient (Wildman–Crippen LogP) is 7.77. The molecule has 0 amide bonds. The number of nitrogens with zero attached hydrogens (tertiary/aromatic N) is 1. The van der Waals surface area contributed by atoms with Crippen molar-refractivity contribution in [2.24, 2.45) is 16.7 Å². The van der Waals surface area contributed by atoms with E-state index in [4.69, 9.17) is 4.74 Å². The topological polar surface area (TPSA) is 59.4 Å². The number of halogens is 6. The van der Waals surface area contributed by atoms with Crippen LogP contribution in [-0.2, 0) is 23.6 Å². The van der Waals surface area contributed by atoms with Gasteiger partial charge in [0.15, 0.2) is 5.78 Å². The van der Waals surface area contributed by atoms with E-state index < -0.39 is 40.2 Å². The standard InChI is InChI=1S/C26H25F6NO3/c1-5-13-6-7-15(36-22-18(26(30,31)32)10-14(12-33-22)25(27,28)29)11-16(13)19-20(34)17-8-9-24(4,21(19)35)23(17,2)3/h6-7,10-12,17,34H,5,8-9H2,1-4H3/t17-,24+/m0/s1. The molecule has 0 unspecified atom stereocenters. The lowest BCUT2D eigenvalue weighted by Gasteiger charge is -2.45. The van der Waals surface area contributed by atoms with Crippen molar-refractivity contribution >= 4 is 11.4 Å². The van der Waals surface area contributed by atoms with E-state index in [1.165, 1.54) is 12.1 Å². The number of hydrogen-bond acceptors (Lipinski definition) is 4. The first-order chi connectivity index (χ1) is 16.5. The van der Waals surface area contributed by atoms with E-state index in [-0.39, 0.29) is 41.0 Å². The van der Waals surface area contributed by atoms with Gasteiger partial charge in [0, 0.05) is 17.5 Å². The number of ketones is 1. The lowest BCUT2D eigenvalue weighted by Crippen LogP contribution is -2.45. The highest BCUT2D eigenvalue weighted by molar-refractivity contribution is 6.25. The van der Waals surface area contributed by atoms with Gasteiger partial charge in [-0.2, -0.15) is 26.3 Å². The quantitative estimate of drug-likeness (QED) is 0.425. The Labute approximate surface area is 204 Å². The van der Waals surface area contributed by atoms with Crippen molar-refractivity contribution in [3.05, 3.63) is 58.5 Å². The summed E-state index contributed by atoms with van der Waals surface area (Å²) in [5, 5.41) is 11.1. The summed E-state index contributed by atoms with van der Waals surface area (Å²) in [5.41, 5.74) is -3.36. The molecular formula is C26H25F6NO3. The third-order valence-electron chi connectivity index (χ3n) is 7.97. The zero-order chi connectivity index (χ0) is 26.8. The highest BCUT2D eigenvalue weighted by Gasteiger charge is 2.61. The van der Waals surface area contributed by atoms with Crippen molar-refractivity contribution in [2.75, 3.05) is 0 Å². The van der Waals surface area contributed by atoms with Crippen LogP contribution in [0.25, 0.3) is 5.57 Å². The van der Waals surface area contributed by atoms with E-state index in [2.05, 4.69) is 4.98 Å². The molecule has 0 saturated heterocycles. The summed E-state index contributed by atoms with van der Waals surface area (Å²) in [6.07, 6.45) is -8.25. The van der Waals surface area contributed by atoms with Gasteiger partial charge in [0.25, 0.3) is 0 Å². The molecule has 1 aromatic heterocycles. The monoisotopic (exact) mass is 513 g/mol. The Morgan fingerprint density at radius 1 is 1.08 bits per heavy atom. The minimum absolute atomic E-state index is 0.0523. The van der Waals surface area contributed by atoms with E-state index in [1.807, 2.05) is 27.7 Å². The van der Waals surface area contributed by atoms with Gasteiger partial charge in [-0.3, -0.25) is 4.79 Å². The average Bonchev–Trinajstić information content (AvgIpc) is 2.95. The Balaban J connectivity index is 1.82. The second-order valence-corrected chi connectivity index (χ2v) is 10.1. The molecule has 4 nitrogen and oxygen atoms in total. The second-order valence-electron chi connectivity index (χ2n) is 10.1. The van der Waals surface area contributed by atoms with Gasteiger partial charge in [0.05, 0.1) is 11.1 Å². The Morgan fingerprint density at radius 3 is 2.33 bits per heavy atom. The number of aryl methyl sites for hydroxylation is 1. The van der Waals surface area contributed by atoms with Gasteiger partial charge in [-0.15, -0.1) is 0 Å². The Kier molecular flexibility index (Phi) is 5.96. The van der Waals surface area contributed by atoms with Crippen molar-refractivity contribution in [3.63, 3.8) is 0 Å². The third kappa shape index (κ3) is 3.94. The number of carbonyl (C=O) groups is 1. The smallest absolute Gasteiger partial charge is 0.421 e. The van der Waals surface area contributed by atoms with Gasteiger partial charge < -0.3 is 9.84 Å². The highest BCUT2D eigenvalue weighted by Crippen LogP contribution is 2.63. The van der Waals surface area contributed by atoms with Gasteiger partial charge in [-0.25, -0.2) is 4.98 Å². The van der Waals surface area contributed by atoms with Crippen LogP contribution in [0.1, 0.15) is 62.8 Å². The zero-order valence-corrected chi connectivity index (χ0v) is 20.1. The van der Waals surface area contributed by atoms with Crippen LogP contribution in [0.2, 0.25) is 0 Å². The SMILES string of the molecule is CCc1ccc(Oc2ncc(C(F)(F)F)cc2C(F)(F)F)cc1C1=C(O)[C@@H]2CC[C@](C)(C1=O)C2(C)C. The number of benzene rings is 1. The number of rotatable bonds is 4. The van der Waals surface area contributed by atoms with E-state index in [9.17, 15) is 36.2 Å². The molecule has 1 saturated carbocycles. The summed E-state index contributed by atoms with van der Waals surface area (Å²) in [4.78, 5) is 17.0. The number of fused-ring (bicyclic) bond motifs is 2. The second kappa shape index (κ2) is 8.24. The molecule has 2 aromatic rings. The molecule has 2 bridgehead atoms. The molecule has 1 aromatic carbocycles. The Morgan fingerprint density at radius 2 is 1.75 bits per heavy atom. The van der Waals surface area contributed by atoms with Gasteiger partial charge in [-0.1, -0.05) is 33.8 Å². The summed E-state index contributed by atoms with van der Waals surface area (Å²) in [5.74, 6) is -1.79. The van der Waals surface area contributed by atoms with Crippen LogP contribution in [0.3, 0.4) is 0 Å². The fourth-order valence-corrected chi connectivity index (χ4v) is 5.38. The number of aliphatic hydroxyl groups excluding tert-OH is 1. The predicted molar refractivity (Wildman–Crippen MR) is 119 cm³/mol. The van der Waals surface area contributed by atoms with Crippen molar-refractivity contribution in [3.8, 4) is 11.6 Å². The van der Waals surface area contributed by atoms with Gasteiger partial charge in [-0.05, 0) is 54.0 Å². The minimum atomic E-state index is -5.16. The summed E-state index contributed by atoms with van der Waals surface area (Å²) in [7, 11) is 0. The van der Waals surface area contributed by atoms with Crippen LogP contribution >= 0.6 is 0 Å². The first-order valence-corrected chi connectivity index (χ1v) is 11.5. The number of ether oxygens (including phenoxy) is 1. The number of pyridine rings is 1. The molecule has 1 heterocycles. The van der Waals surface area contributed by atoms with Crippen LogP contribution in [0.5, 0.6) is 11.6 Å². The number of Topliss-reactive ketones (excluding diaryl/α,β-unsaturated/α-hetero) is 1. The maximum atomic E-state index is 13.7. The van der Waals surface area contributed by atoms with Crippen LogP contribution in [0.4, 0.5) is 26.3 Å². The maximum absolute atomic E-state index is 13.7. The molecule has 194 valence electrons. The first kappa shape index (κ1) is 26.0. The molecule has 10 heteroatoms. The van der Waals surface area contributed by atoms with Crippen molar-refractivity contribution in [2.45, 2.75) is 59.3 Å². The van der Waals surface area contributed by atoms with Crippen molar-refractivity contribution < 1.29 is 41.0 Å². The molecule has 1 N–H and O–H groups in total. The molecule has 0 spiro atoms. The average molecular weight is 513 g/mol. The third-order valence-corrected chi connectivity index (χ3v) is 7.97. The molecule has 0 aliphatic heterocycles. The summed E-state index contributed by atoms with van der Waals surface area (Å²) < 4.78 is 84.9. The molecule has 2 atom stereocenters. The van der Waals surface area contributed by atoms with Crippen LogP contribution in [0.15, 0.2) is 36.2 Å². The fourth-order valence-electron chi connectivity index (χ4n) is 5.38. The lowest BCUT2D eigenvalue weighted by molar-refractivity contribution is -0.144. The Bertz CT molecular complexity index is 1260. The van der Waals surface area contributed by atoms with Gasteiger partial charge in [0.1, 0.15) is 17.1 Å². The highest BCUT2D eigenvalue weighted by atomic mass is 19.4. The molecule has 2 aliphatic carbocycles. The minimum Gasteiger partial charge on any atom is -0.511 e. The first-order valence-electron chi connectivity index (χ1n) is 11.5. The van der Waals surface area contributed by atoms with E-state index in [0.717, 1.165) is 0 Å². The summed E-state index contributed by atoms with van der Waals surface area (Å²) in [6.45, 7) is 7.55. The van der Waals surface area contributed by atoms with Crippen LogP contribution in [-0.4, -0.2) is 15.9 Å². The van der Waals surface area contributed by atoms with Gasteiger partial charge >= 0.3 is 12.4 Å². The zero-order valence-electron chi connectivity index (χ0n) is 20.1. The maximum Gasteiger partial charge on any atom is 0.421 e. The number of carbonyl (C=O) groups excluding carboxylic acids is 1. The van der Waals surface area contributed by atoms with Crippen LogP contribution < -0.4 is 4.74 Å². The number of hydrogen-bond donors (Lipinski definition) is 1. The van der Waals surface area contributed by atoms with E-state index in [1.54, 1.807) is 6.07 Å². The number of allylic oxidation sites excluding steroid dienone is 2. The number of alkyl halides is 6. The Hall–Kier alpha value is -3.04. The van der Waals surface area contributed by atoms with E-state index in [0.29, 0.717) is 30.4 Å².